The molecule has 1 aromatic heterocycles. The highest BCUT2D eigenvalue weighted by atomic mass is 79.9. The quantitative estimate of drug-likeness (QED) is 0.780. The third kappa shape index (κ3) is 2.94. The van der Waals surface area contributed by atoms with Crippen molar-refractivity contribution in [2.75, 3.05) is 6.61 Å². The lowest BCUT2D eigenvalue weighted by atomic mass is 10.1. The summed E-state index contributed by atoms with van der Waals surface area (Å²) in [5.41, 5.74) is 0.959. The van der Waals surface area contributed by atoms with Crippen molar-refractivity contribution in [1.82, 2.24) is 9.97 Å². The molecule has 2 atom stereocenters. The highest BCUT2D eigenvalue weighted by molar-refractivity contribution is 9.09. The Balaban J connectivity index is 2.82. The summed E-state index contributed by atoms with van der Waals surface area (Å²) >= 11 is 3.53. The van der Waals surface area contributed by atoms with Crippen LogP contribution in [-0.2, 0) is 0 Å². The molecule has 0 aliphatic heterocycles. The Hall–Kier alpha value is -0.640. The number of ether oxygens (including phenoxy) is 1. The van der Waals surface area contributed by atoms with Gasteiger partial charge in [0.2, 0.25) is 5.88 Å². The molecule has 0 saturated carbocycles. The van der Waals surface area contributed by atoms with Crippen molar-refractivity contribution in [2.24, 2.45) is 0 Å². The van der Waals surface area contributed by atoms with Gasteiger partial charge in [-0.1, -0.05) is 29.8 Å². The average Bonchev–Trinajstić information content (AvgIpc) is 2.17. The third-order valence-corrected chi connectivity index (χ3v) is 2.87. The highest BCUT2D eigenvalue weighted by Crippen LogP contribution is 2.23. The molecule has 0 fully saturated rings. The Morgan fingerprint density at radius 3 is 2.71 bits per heavy atom. The van der Waals surface area contributed by atoms with Gasteiger partial charge in [-0.05, 0) is 6.92 Å². The first kappa shape index (κ1) is 11.4. The van der Waals surface area contributed by atoms with Gasteiger partial charge in [-0.15, -0.1) is 0 Å². The predicted octanol–water partition coefficient (Wildman–Crippen LogP) is 2.76. The Kier molecular flexibility index (Phi) is 4.32. The molecule has 2 unspecified atom stereocenters. The maximum atomic E-state index is 5.29. The van der Waals surface area contributed by atoms with Crippen LogP contribution in [0.4, 0.5) is 0 Å². The van der Waals surface area contributed by atoms with Crippen LogP contribution in [-0.4, -0.2) is 21.4 Å². The lowest BCUT2D eigenvalue weighted by molar-refractivity contribution is 0.323. The predicted molar refractivity (Wildman–Crippen MR) is 60.0 cm³/mol. The molecule has 1 aromatic rings. The fourth-order valence-electron chi connectivity index (χ4n) is 1.03. The van der Waals surface area contributed by atoms with Crippen LogP contribution in [0.5, 0.6) is 5.88 Å². The van der Waals surface area contributed by atoms with Gasteiger partial charge < -0.3 is 4.74 Å². The fraction of sp³-hybridized carbons (Fsp3) is 0.600. The van der Waals surface area contributed by atoms with Crippen LogP contribution >= 0.6 is 15.9 Å². The molecule has 0 bridgehead atoms. The SMILES string of the molecule is CCOc1cncc(C(C)C(C)Br)n1. The molecular formula is C10H15BrN2O. The van der Waals surface area contributed by atoms with Gasteiger partial charge in [0.05, 0.1) is 18.5 Å². The van der Waals surface area contributed by atoms with E-state index in [-0.39, 0.29) is 0 Å². The number of aromatic nitrogens is 2. The Morgan fingerprint density at radius 1 is 1.43 bits per heavy atom. The summed E-state index contributed by atoms with van der Waals surface area (Å²) in [6.07, 6.45) is 3.42. The molecule has 14 heavy (non-hydrogen) atoms. The molecule has 1 heterocycles. The molecule has 0 aliphatic carbocycles. The van der Waals surface area contributed by atoms with Crippen LogP contribution in [0, 0.1) is 0 Å². The zero-order chi connectivity index (χ0) is 10.6. The lowest BCUT2D eigenvalue weighted by Gasteiger charge is -2.13. The fourth-order valence-corrected chi connectivity index (χ4v) is 1.31. The summed E-state index contributed by atoms with van der Waals surface area (Å²) < 4.78 is 5.29. The number of alkyl halides is 1. The van der Waals surface area contributed by atoms with Crippen molar-refractivity contribution < 1.29 is 4.74 Å². The minimum atomic E-state index is 0.336. The zero-order valence-corrected chi connectivity index (χ0v) is 10.3. The second kappa shape index (κ2) is 5.29. The Labute approximate surface area is 93.0 Å². The summed E-state index contributed by atoms with van der Waals surface area (Å²) in [7, 11) is 0. The minimum absolute atomic E-state index is 0.336. The van der Waals surface area contributed by atoms with Crippen LogP contribution in [0.3, 0.4) is 0 Å². The van der Waals surface area contributed by atoms with Crippen molar-refractivity contribution in [3.63, 3.8) is 0 Å². The van der Waals surface area contributed by atoms with E-state index >= 15 is 0 Å². The van der Waals surface area contributed by atoms with E-state index in [0.717, 1.165) is 5.69 Å². The molecule has 4 heteroatoms. The number of rotatable bonds is 4. The molecule has 0 aliphatic rings. The van der Waals surface area contributed by atoms with Crippen LogP contribution in [0.2, 0.25) is 0 Å². The number of halogens is 1. The minimum Gasteiger partial charge on any atom is -0.477 e. The van der Waals surface area contributed by atoms with E-state index in [4.69, 9.17) is 4.74 Å². The monoisotopic (exact) mass is 258 g/mol. The van der Waals surface area contributed by atoms with Gasteiger partial charge in [0.15, 0.2) is 0 Å². The average molecular weight is 259 g/mol. The summed E-state index contributed by atoms with van der Waals surface area (Å²) in [6, 6.07) is 0. The van der Waals surface area contributed by atoms with E-state index in [1.807, 2.05) is 6.92 Å². The summed E-state index contributed by atoms with van der Waals surface area (Å²) in [5, 5.41) is 0. The first-order valence-corrected chi connectivity index (χ1v) is 5.65. The smallest absolute Gasteiger partial charge is 0.232 e. The van der Waals surface area contributed by atoms with Gasteiger partial charge in [0, 0.05) is 16.9 Å². The molecule has 0 spiro atoms. The topological polar surface area (TPSA) is 35.0 Å². The molecule has 0 saturated heterocycles. The van der Waals surface area contributed by atoms with E-state index < -0.39 is 0 Å². The van der Waals surface area contributed by atoms with E-state index in [2.05, 4.69) is 39.7 Å². The molecule has 3 nitrogen and oxygen atoms in total. The molecule has 78 valence electrons. The lowest BCUT2D eigenvalue weighted by Crippen LogP contribution is -2.08. The van der Waals surface area contributed by atoms with Crippen LogP contribution in [0.25, 0.3) is 0 Å². The van der Waals surface area contributed by atoms with Gasteiger partial charge in [-0.3, -0.25) is 4.98 Å². The Morgan fingerprint density at radius 2 is 2.14 bits per heavy atom. The normalized spacial score (nSPS) is 14.9. The standard InChI is InChI=1S/C10H15BrN2O/c1-4-14-10-6-12-5-9(13-10)7(2)8(3)11/h5-8H,4H2,1-3H3. The molecule has 0 aromatic carbocycles. The first-order valence-electron chi connectivity index (χ1n) is 4.74. The Bertz CT molecular complexity index is 291. The molecular weight excluding hydrogens is 244 g/mol. The maximum absolute atomic E-state index is 5.29. The van der Waals surface area contributed by atoms with Crippen molar-refractivity contribution in [3.8, 4) is 5.88 Å². The molecule has 1 rings (SSSR count). The highest BCUT2D eigenvalue weighted by Gasteiger charge is 2.13. The summed E-state index contributed by atoms with van der Waals surface area (Å²) in [4.78, 5) is 8.85. The summed E-state index contributed by atoms with van der Waals surface area (Å²) in [6.45, 7) is 6.76. The van der Waals surface area contributed by atoms with E-state index in [0.29, 0.717) is 23.2 Å². The zero-order valence-electron chi connectivity index (χ0n) is 8.70. The maximum Gasteiger partial charge on any atom is 0.232 e. The third-order valence-electron chi connectivity index (χ3n) is 2.08. The van der Waals surface area contributed by atoms with Crippen molar-refractivity contribution in [2.45, 2.75) is 31.5 Å². The number of nitrogens with zero attached hydrogens (tertiary/aromatic N) is 2. The van der Waals surface area contributed by atoms with Crippen molar-refractivity contribution in [3.05, 3.63) is 18.1 Å². The van der Waals surface area contributed by atoms with Crippen LogP contribution < -0.4 is 4.74 Å². The van der Waals surface area contributed by atoms with E-state index in [1.54, 1.807) is 12.4 Å². The van der Waals surface area contributed by atoms with Crippen LogP contribution in [0.15, 0.2) is 12.4 Å². The van der Waals surface area contributed by atoms with E-state index in [9.17, 15) is 0 Å². The van der Waals surface area contributed by atoms with Gasteiger partial charge in [0.1, 0.15) is 0 Å². The van der Waals surface area contributed by atoms with Gasteiger partial charge in [-0.2, -0.15) is 0 Å². The van der Waals surface area contributed by atoms with E-state index in [1.165, 1.54) is 0 Å². The molecule has 0 radical (unpaired) electrons. The summed E-state index contributed by atoms with van der Waals surface area (Å²) in [5.74, 6) is 0.938. The molecule has 0 N–H and O–H groups in total. The second-order valence-corrected chi connectivity index (χ2v) is 4.63. The number of hydrogen-bond donors (Lipinski definition) is 0. The van der Waals surface area contributed by atoms with Crippen LogP contribution in [0.1, 0.15) is 32.4 Å². The largest absolute Gasteiger partial charge is 0.477 e. The number of hydrogen-bond acceptors (Lipinski definition) is 3. The molecule has 0 amide bonds. The second-order valence-electron chi connectivity index (χ2n) is 3.18. The van der Waals surface area contributed by atoms with Crippen molar-refractivity contribution in [1.29, 1.82) is 0 Å². The van der Waals surface area contributed by atoms with Gasteiger partial charge in [0.25, 0.3) is 0 Å². The van der Waals surface area contributed by atoms with Gasteiger partial charge >= 0.3 is 0 Å². The van der Waals surface area contributed by atoms with Crippen molar-refractivity contribution >= 4 is 15.9 Å². The van der Waals surface area contributed by atoms with Gasteiger partial charge in [-0.25, -0.2) is 4.98 Å². The first-order chi connectivity index (χ1) is 6.65.